The number of amides is 3. The van der Waals surface area contributed by atoms with Gasteiger partial charge in [0.1, 0.15) is 30.0 Å². The predicted octanol–water partition coefficient (Wildman–Crippen LogP) is 2.68. The van der Waals surface area contributed by atoms with Gasteiger partial charge in [-0.1, -0.05) is 65.0 Å². The van der Waals surface area contributed by atoms with Crippen LogP contribution in [0.3, 0.4) is 0 Å². The molecule has 11 heteroatoms. The zero-order valence-electron chi connectivity index (χ0n) is 26.4. The number of benzene rings is 1. The first-order valence-corrected chi connectivity index (χ1v) is 15.6. The summed E-state index contributed by atoms with van der Waals surface area (Å²) >= 11 is 0. The molecule has 43 heavy (non-hydrogen) atoms. The Morgan fingerprint density at radius 2 is 1.72 bits per heavy atom. The number of phenols is 1. The van der Waals surface area contributed by atoms with Gasteiger partial charge in [0.2, 0.25) is 11.8 Å². The quantitative estimate of drug-likeness (QED) is 0.160. The number of aliphatic hydroxyl groups is 1. The molecule has 1 aromatic carbocycles. The molecule has 1 aliphatic rings. The van der Waals surface area contributed by atoms with Crippen LogP contribution in [0.15, 0.2) is 24.3 Å². The highest BCUT2D eigenvalue weighted by molar-refractivity contribution is 5.94. The third kappa shape index (κ3) is 10.8. The number of phenolic OH excluding ortho intramolecular Hbond substituents is 1. The van der Waals surface area contributed by atoms with Gasteiger partial charge in [-0.3, -0.25) is 14.4 Å². The number of nitrogens with one attached hydrogen (secondary N) is 2. The van der Waals surface area contributed by atoms with Crippen molar-refractivity contribution in [2.75, 3.05) is 20.6 Å². The van der Waals surface area contributed by atoms with Crippen molar-refractivity contribution < 1.29 is 34.5 Å². The summed E-state index contributed by atoms with van der Waals surface area (Å²) in [6.45, 7) is 6.28. The van der Waals surface area contributed by atoms with E-state index in [-0.39, 0.29) is 18.1 Å². The summed E-state index contributed by atoms with van der Waals surface area (Å²) in [6, 6.07) is 2.78. The first-order valence-electron chi connectivity index (χ1n) is 15.6. The molecule has 1 aliphatic heterocycles. The number of hydrogen-bond donors (Lipinski definition) is 5. The van der Waals surface area contributed by atoms with Gasteiger partial charge in [-0.25, -0.2) is 4.79 Å². The molecule has 0 aromatic heterocycles. The lowest BCUT2D eigenvalue weighted by molar-refractivity contribution is -0.153. The first kappa shape index (κ1) is 36.0. The lowest BCUT2D eigenvalue weighted by Gasteiger charge is -2.35. The van der Waals surface area contributed by atoms with Crippen molar-refractivity contribution in [3.05, 3.63) is 29.8 Å². The van der Waals surface area contributed by atoms with E-state index in [1.165, 1.54) is 29.0 Å². The van der Waals surface area contributed by atoms with Crippen LogP contribution in [-0.4, -0.2) is 99.7 Å². The number of nitrogens with zero attached hydrogens (tertiary/aromatic N) is 2. The summed E-state index contributed by atoms with van der Waals surface area (Å²) in [6.07, 6.45) is 5.68. The number of likely N-dealkylation sites (tertiary alicyclic amines) is 1. The van der Waals surface area contributed by atoms with Crippen molar-refractivity contribution in [3.8, 4) is 5.75 Å². The molecule has 1 heterocycles. The molecule has 3 amide bonds. The van der Waals surface area contributed by atoms with Crippen LogP contribution in [0, 0.1) is 5.92 Å². The summed E-state index contributed by atoms with van der Waals surface area (Å²) < 4.78 is 0. The molecular weight excluding hydrogens is 552 g/mol. The molecule has 242 valence electrons. The molecule has 0 bridgehead atoms. The molecule has 0 unspecified atom stereocenters. The van der Waals surface area contributed by atoms with Gasteiger partial charge >= 0.3 is 5.97 Å². The second-order valence-electron chi connectivity index (χ2n) is 12.1. The Bertz CT molecular complexity index is 1050. The summed E-state index contributed by atoms with van der Waals surface area (Å²) in [4.78, 5) is 55.5. The SMILES string of the molecule is CCCCCCC[C@@H](NC)[C@@H](O)C(=O)N[C@@H](Cc1ccc(O)cc1)C(=O)N(C)[C@@H](CC(C)C)C(=O)N1CCC[C@H]1C(=O)O. The second kappa shape index (κ2) is 17.8. The Morgan fingerprint density at radius 1 is 1.07 bits per heavy atom. The number of aromatic hydroxyl groups is 1. The lowest BCUT2D eigenvalue weighted by atomic mass is 9.98. The Hall–Kier alpha value is -3.18. The number of carbonyl (C=O) groups is 4. The molecule has 5 N–H and O–H groups in total. The van der Waals surface area contributed by atoms with E-state index < -0.39 is 54.0 Å². The van der Waals surface area contributed by atoms with Gasteiger partial charge in [0.05, 0.1) is 0 Å². The zero-order valence-corrected chi connectivity index (χ0v) is 26.4. The Morgan fingerprint density at radius 3 is 2.30 bits per heavy atom. The maximum absolute atomic E-state index is 14.0. The fourth-order valence-corrected chi connectivity index (χ4v) is 5.68. The topological polar surface area (TPSA) is 160 Å². The Labute approximate surface area is 256 Å². The van der Waals surface area contributed by atoms with E-state index in [1.54, 1.807) is 19.2 Å². The molecule has 11 nitrogen and oxygen atoms in total. The number of hydrogen-bond acceptors (Lipinski definition) is 7. The minimum atomic E-state index is -1.40. The number of unbranched alkanes of at least 4 members (excludes halogenated alkanes) is 4. The smallest absolute Gasteiger partial charge is 0.326 e. The maximum atomic E-state index is 14.0. The fraction of sp³-hybridized carbons (Fsp3) is 0.688. The molecule has 0 saturated carbocycles. The first-order chi connectivity index (χ1) is 20.4. The molecule has 5 atom stereocenters. The molecule has 2 rings (SSSR count). The molecular formula is C32H52N4O7. The summed E-state index contributed by atoms with van der Waals surface area (Å²) in [5, 5.41) is 36.1. The van der Waals surface area contributed by atoms with Crippen molar-refractivity contribution in [2.45, 2.75) is 115 Å². The van der Waals surface area contributed by atoms with Crippen LogP contribution in [0.25, 0.3) is 0 Å². The van der Waals surface area contributed by atoms with Crippen LogP contribution in [0.2, 0.25) is 0 Å². The van der Waals surface area contributed by atoms with Gasteiger partial charge in [0.15, 0.2) is 0 Å². The predicted molar refractivity (Wildman–Crippen MR) is 164 cm³/mol. The van der Waals surface area contributed by atoms with Crippen LogP contribution < -0.4 is 10.6 Å². The van der Waals surface area contributed by atoms with Gasteiger partial charge in [0.25, 0.3) is 5.91 Å². The van der Waals surface area contributed by atoms with Crippen LogP contribution in [-0.2, 0) is 25.6 Å². The molecule has 0 spiro atoms. The number of carboxylic acid groups (broad SMARTS) is 1. The van der Waals surface area contributed by atoms with E-state index in [0.717, 1.165) is 32.1 Å². The molecule has 0 aliphatic carbocycles. The van der Waals surface area contributed by atoms with Gasteiger partial charge < -0.3 is 35.8 Å². The summed E-state index contributed by atoms with van der Waals surface area (Å²) in [7, 11) is 3.18. The van der Waals surface area contributed by atoms with Crippen molar-refractivity contribution in [2.24, 2.45) is 5.92 Å². The third-order valence-corrected chi connectivity index (χ3v) is 8.25. The summed E-state index contributed by atoms with van der Waals surface area (Å²) in [5.74, 6) is -2.65. The summed E-state index contributed by atoms with van der Waals surface area (Å²) in [5.41, 5.74) is 0.664. The monoisotopic (exact) mass is 604 g/mol. The highest BCUT2D eigenvalue weighted by Gasteiger charge is 2.41. The van der Waals surface area contributed by atoms with E-state index in [1.807, 2.05) is 13.8 Å². The van der Waals surface area contributed by atoms with Gasteiger partial charge in [-0.2, -0.15) is 0 Å². The number of carbonyl (C=O) groups excluding carboxylic acids is 3. The molecule has 0 radical (unpaired) electrons. The third-order valence-electron chi connectivity index (χ3n) is 8.25. The standard InChI is InChI=1S/C32H52N4O7/c1-6-7-8-9-10-12-24(33-4)28(38)29(39)34-25(20-22-14-16-23(37)17-15-22)30(40)35(5)27(19-21(2)3)31(41)36-18-11-13-26(36)32(42)43/h14-17,21,24-28,33,37-38H,6-13,18-20H2,1-5H3,(H,34,39)(H,42,43)/t24-,25+,26+,27+,28-/m1/s1. The maximum Gasteiger partial charge on any atom is 0.326 e. The van der Waals surface area contributed by atoms with Crippen LogP contribution in [0.4, 0.5) is 0 Å². The van der Waals surface area contributed by atoms with E-state index in [0.29, 0.717) is 37.8 Å². The molecule has 1 fully saturated rings. The van der Waals surface area contributed by atoms with Crippen LogP contribution >= 0.6 is 0 Å². The zero-order chi connectivity index (χ0) is 32.1. The average Bonchev–Trinajstić information content (AvgIpc) is 3.47. The molecule has 1 saturated heterocycles. The number of aliphatic carboxylic acids is 1. The number of carboxylic acids is 1. The Balaban J connectivity index is 2.29. The van der Waals surface area contributed by atoms with E-state index >= 15 is 0 Å². The Kier molecular flexibility index (Phi) is 14.9. The van der Waals surface area contributed by atoms with Crippen molar-refractivity contribution >= 4 is 23.7 Å². The minimum absolute atomic E-state index is 0.0238. The highest BCUT2D eigenvalue weighted by Crippen LogP contribution is 2.23. The highest BCUT2D eigenvalue weighted by atomic mass is 16.4. The normalized spacial score (nSPS) is 17.7. The number of rotatable bonds is 18. The lowest BCUT2D eigenvalue weighted by Crippen LogP contribution is -2.58. The van der Waals surface area contributed by atoms with Gasteiger partial charge in [-0.15, -0.1) is 0 Å². The van der Waals surface area contributed by atoms with Crippen LogP contribution in [0.5, 0.6) is 5.75 Å². The number of aliphatic hydroxyl groups excluding tert-OH is 1. The molecule has 1 aromatic rings. The van der Waals surface area contributed by atoms with E-state index in [9.17, 15) is 34.5 Å². The minimum Gasteiger partial charge on any atom is -0.508 e. The van der Waals surface area contributed by atoms with Crippen molar-refractivity contribution in [1.29, 1.82) is 0 Å². The number of likely N-dealkylation sites (N-methyl/N-ethyl adjacent to an activating group) is 2. The van der Waals surface area contributed by atoms with Gasteiger partial charge in [-0.05, 0) is 56.3 Å². The van der Waals surface area contributed by atoms with E-state index in [2.05, 4.69) is 17.6 Å². The average molecular weight is 605 g/mol. The van der Waals surface area contributed by atoms with Crippen LogP contribution in [0.1, 0.15) is 84.1 Å². The van der Waals surface area contributed by atoms with Gasteiger partial charge in [0, 0.05) is 26.1 Å². The fourth-order valence-electron chi connectivity index (χ4n) is 5.68. The second-order valence-corrected chi connectivity index (χ2v) is 12.1. The van der Waals surface area contributed by atoms with Crippen molar-refractivity contribution in [1.82, 2.24) is 20.4 Å². The largest absolute Gasteiger partial charge is 0.508 e. The van der Waals surface area contributed by atoms with Crippen molar-refractivity contribution in [3.63, 3.8) is 0 Å². The van der Waals surface area contributed by atoms with E-state index in [4.69, 9.17) is 0 Å².